The van der Waals surface area contributed by atoms with E-state index in [1.165, 1.54) is 38.5 Å². The highest BCUT2D eigenvalue weighted by molar-refractivity contribution is 6.35. The van der Waals surface area contributed by atoms with Gasteiger partial charge in [0.05, 0.1) is 0 Å². The topological polar surface area (TPSA) is 58.2 Å². The van der Waals surface area contributed by atoms with Crippen molar-refractivity contribution in [3.63, 3.8) is 0 Å². The third-order valence-corrected chi connectivity index (χ3v) is 4.46. The molecule has 1 rings (SSSR count). The van der Waals surface area contributed by atoms with Gasteiger partial charge < -0.3 is 10.6 Å². The molecule has 4 heteroatoms. The Bertz CT molecular complexity index is 488. The Morgan fingerprint density at radius 2 is 1.40 bits per heavy atom. The summed E-state index contributed by atoms with van der Waals surface area (Å²) in [6.07, 6.45) is 9.77. The van der Waals surface area contributed by atoms with E-state index in [1.54, 1.807) is 0 Å². The largest absolute Gasteiger partial charge is 0.348 e. The van der Waals surface area contributed by atoms with Gasteiger partial charge in [0.2, 0.25) is 0 Å². The maximum absolute atomic E-state index is 11.8. The normalized spacial score (nSPS) is 11.8. The predicted molar refractivity (Wildman–Crippen MR) is 103 cm³/mol. The zero-order valence-corrected chi connectivity index (χ0v) is 15.9. The van der Waals surface area contributed by atoms with Gasteiger partial charge in [-0.3, -0.25) is 9.59 Å². The minimum Gasteiger partial charge on any atom is -0.348 e. The summed E-state index contributed by atoms with van der Waals surface area (Å²) in [4.78, 5) is 23.6. The van der Waals surface area contributed by atoms with Crippen molar-refractivity contribution >= 4 is 11.8 Å². The van der Waals surface area contributed by atoms with Gasteiger partial charge >= 0.3 is 11.8 Å². The molecule has 0 saturated heterocycles. The molecule has 0 aromatic heterocycles. The van der Waals surface area contributed by atoms with Crippen LogP contribution in [0.15, 0.2) is 30.3 Å². The molecule has 0 spiro atoms. The Morgan fingerprint density at radius 1 is 0.840 bits per heavy atom. The van der Waals surface area contributed by atoms with E-state index >= 15 is 0 Å². The van der Waals surface area contributed by atoms with E-state index in [2.05, 4.69) is 17.6 Å². The zero-order chi connectivity index (χ0) is 18.3. The second-order valence-corrected chi connectivity index (χ2v) is 6.75. The van der Waals surface area contributed by atoms with Gasteiger partial charge in [-0.25, -0.2) is 0 Å². The zero-order valence-electron chi connectivity index (χ0n) is 15.9. The van der Waals surface area contributed by atoms with E-state index in [0.717, 1.165) is 18.4 Å². The molecular formula is C21H34N2O2. The molecule has 1 aromatic rings. The first-order valence-corrected chi connectivity index (χ1v) is 9.76. The molecule has 1 aromatic carbocycles. The van der Waals surface area contributed by atoms with E-state index in [0.29, 0.717) is 13.1 Å². The highest BCUT2D eigenvalue weighted by atomic mass is 16.2. The Labute approximate surface area is 152 Å². The maximum atomic E-state index is 11.8. The van der Waals surface area contributed by atoms with Crippen LogP contribution in [-0.4, -0.2) is 24.9 Å². The van der Waals surface area contributed by atoms with Gasteiger partial charge in [-0.2, -0.15) is 0 Å². The number of amides is 2. The van der Waals surface area contributed by atoms with Crippen LogP contribution in [0, 0.1) is 0 Å². The summed E-state index contributed by atoms with van der Waals surface area (Å²) in [5.41, 5.74) is 1.15. The van der Waals surface area contributed by atoms with Crippen LogP contribution >= 0.6 is 0 Å². The van der Waals surface area contributed by atoms with Crippen molar-refractivity contribution in [1.82, 2.24) is 10.6 Å². The van der Waals surface area contributed by atoms with Gasteiger partial charge in [-0.15, -0.1) is 0 Å². The standard InChI is InChI=1S/C21H34N2O2/c1-3-4-5-6-7-8-9-13-16-22-20(24)21(25)23-17-18(2)19-14-11-10-12-15-19/h10-12,14-15,18H,3-9,13,16-17H2,1-2H3,(H,22,24)(H,23,25)/t18-/m1/s1. The number of nitrogens with one attached hydrogen (secondary N) is 2. The number of hydrogen-bond acceptors (Lipinski definition) is 2. The summed E-state index contributed by atoms with van der Waals surface area (Å²) < 4.78 is 0. The summed E-state index contributed by atoms with van der Waals surface area (Å²) in [6, 6.07) is 9.97. The summed E-state index contributed by atoms with van der Waals surface area (Å²) in [7, 11) is 0. The summed E-state index contributed by atoms with van der Waals surface area (Å²) in [5.74, 6) is -0.879. The molecule has 1 atom stereocenters. The van der Waals surface area contributed by atoms with Crippen LogP contribution in [0.25, 0.3) is 0 Å². The van der Waals surface area contributed by atoms with Crippen molar-refractivity contribution in [3.05, 3.63) is 35.9 Å². The van der Waals surface area contributed by atoms with Crippen molar-refractivity contribution in [2.45, 2.75) is 71.1 Å². The first-order valence-electron chi connectivity index (χ1n) is 9.76. The van der Waals surface area contributed by atoms with Gasteiger partial charge in [0.25, 0.3) is 0 Å². The number of rotatable bonds is 12. The summed E-state index contributed by atoms with van der Waals surface area (Å²) in [5, 5.41) is 5.42. The van der Waals surface area contributed by atoms with Gasteiger partial charge in [0.15, 0.2) is 0 Å². The first-order chi connectivity index (χ1) is 12.1. The van der Waals surface area contributed by atoms with Crippen molar-refractivity contribution < 1.29 is 9.59 Å². The molecule has 2 amide bonds. The highest BCUT2D eigenvalue weighted by Gasteiger charge is 2.14. The number of benzene rings is 1. The lowest BCUT2D eigenvalue weighted by Gasteiger charge is -2.13. The fourth-order valence-electron chi connectivity index (χ4n) is 2.77. The minimum absolute atomic E-state index is 0.186. The lowest BCUT2D eigenvalue weighted by Crippen LogP contribution is -2.41. The van der Waals surface area contributed by atoms with Crippen molar-refractivity contribution in [1.29, 1.82) is 0 Å². The number of carbonyl (C=O) groups is 2. The predicted octanol–water partition coefficient (Wildman–Crippen LogP) is 4.16. The molecule has 0 saturated carbocycles. The van der Waals surface area contributed by atoms with Crippen molar-refractivity contribution in [3.8, 4) is 0 Å². The Hall–Kier alpha value is -1.84. The van der Waals surface area contributed by atoms with E-state index in [1.807, 2.05) is 37.3 Å². The fourth-order valence-corrected chi connectivity index (χ4v) is 2.77. The number of unbranched alkanes of at least 4 members (excludes halogenated alkanes) is 7. The van der Waals surface area contributed by atoms with Gasteiger partial charge in [-0.05, 0) is 17.9 Å². The third-order valence-electron chi connectivity index (χ3n) is 4.46. The molecule has 25 heavy (non-hydrogen) atoms. The average molecular weight is 347 g/mol. The van der Waals surface area contributed by atoms with Crippen molar-refractivity contribution in [2.75, 3.05) is 13.1 Å². The van der Waals surface area contributed by atoms with Crippen LogP contribution in [0.3, 0.4) is 0 Å². The molecule has 0 aliphatic carbocycles. The molecule has 0 aliphatic rings. The smallest absolute Gasteiger partial charge is 0.309 e. The first kappa shape index (κ1) is 21.2. The van der Waals surface area contributed by atoms with Gasteiger partial charge in [0.1, 0.15) is 0 Å². The lowest BCUT2D eigenvalue weighted by atomic mass is 10.0. The quantitative estimate of drug-likeness (QED) is 0.441. The van der Waals surface area contributed by atoms with Crippen molar-refractivity contribution in [2.24, 2.45) is 0 Å². The SMILES string of the molecule is CCCCCCCCCCNC(=O)C(=O)NC[C@@H](C)c1ccccc1. The summed E-state index contributed by atoms with van der Waals surface area (Å²) >= 11 is 0. The minimum atomic E-state index is -0.539. The lowest BCUT2D eigenvalue weighted by molar-refractivity contribution is -0.139. The molecular weight excluding hydrogens is 312 g/mol. The second-order valence-electron chi connectivity index (χ2n) is 6.75. The van der Waals surface area contributed by atoms with E-state index in [9.17, 15) is 9.59 Å². The second kappa shape index (κ2) is 13.5. The van der Waals surface area contributed by atoms with Crippen LogP contribution < -0.4 is 10.6 Å². The van der Waals surface area contributed by atoms with Gasteiger partial charge in [0, 0.05) is 13.1 Å². The van der Waals surface area contributed by atoms with Crippen LogP contribution in [0.5, 0.6) is 0 Å². The Morgan fingerprint density at radius 3 is 2.04 bits per heavy atom. The Balaban J connectivity index is 2.05. The molecule has 140 valence electrons. The molecule has 0 bridgehead atoms. The highest BCUT2D eigenvalue weighted by Crippen LogP contribution is 2.12. The van der Waals surface area contributed by atoms with Gasteiger partial charge in [-0.1, -0.05) is 89.1 Å². The molecule has 0 heterocycles. The van der Waals surface area contributed by atoms with E-state index in [4.69, 9.17) is 0 Å². The van der Waals surface area contributed by atoms with Crippen LogP contribution in [0.2, 0.25) is 0 Å². The molecule has 2 N–H and O–H groups in total. The van der Waals surface area contributed by atoms with Crippen LogP contribution in [0.4, 0.5) is 0 Å². The molecule has 0 fully saturated rings. The van der Waals surface area contributed by atoms with E-state index < -0.39 is 11.8 Å². The summed E-state index contributed by atoms with van der Waals surface area (Å²) in [6.45, 7) is 5.30. The fraction of sp³-hybridized carbons (Fsp3) is 0.619. The number of hydrogen-bond donors (Lipinski definition) is 2. The molecule has 0 unspecified atom stereocenters. The van der Waals surface area contributed by atoms with E-state index in [-0.39, 0.29) is 5.92 Å². The average Bonchev–Trinajstić information content (AvgIpc) is 2.65. The third kappa shape index (κ3) is 9.90. The Kier molecular flexibility index (Phi) is 11.4. The monoisotopic (exact) mass is 346 g/mol. The molecule has 0 radical (unpaired) electrons. The molecule has 4 nitrogen and oxygen atoms in total. The van der Waals surface area contributed by atoms with Crippen LogP contribution in [0.1, 0.15) is 76.7 Å². The van der Waals surface area contributed by atoms with Crippen LogP contribution in [-0.2, 0) is 9.59 Å². The number of carbonyl (C=O) groups excluding carboxylic acids is 2. The maximum Gasteiger partial charge on any atom is 0.309 e. The molecule has 0 aliphatic heterocycles.